The Kier molecular flexibility index (Phi) is 10.2. The number of aliphatic hydroxyl groups is 1. The van der Waals surface area contributed by atoms with Crippen LogP contribution in [0.4, 0.5) is 4.79 Å². The van der Waals surface area contributed by atoms with E-state index in [0.29, 0.717) is 18.8 Å². The third kappa shape index (κ3) is 7.97. The van der Waals surface area contributed by atoms with Crippen molar-refractivity contribution in [2.45, 2.75) is 55.9 Å². The maximum absolute atomic E-state index is 13.6. The highest BCUT2D eigenvalue weighted by atomic mass is 32.2. The van der Waals surface area contributed by atoms with Gasteiger partial charge in [-0.25, -0.2) is 13.2 Å². The predicted molar refractivity (Wildman–Crippen MR) is 151 cm³/mol. The first-order valence-electron chi connectivity index (χ1n) is 13.8. The maximum atomic E-state index is 13.6. The van der Waals surface area contributed by atoms with Gasteiger partial charge in [-0.2, -0.15) is 4.31 Å². The van der Waals surface area contributed by atoms with Crippen LogP contribution in [-0.4, -0.2) is 87.5 Å². The number of nitrogens with zero attached hydrogens (tertiary/aromatic N) is 1. The lowest BCUT2D eigenvalue weighted by molar-refractivity contribution is -0.119. The van der Waals surface area contributed by atoms with Gasteiger partial charge in [0.2, 0.25) is 15.9 Å². The van der Waals surface area contributed by atoms with Crippen LogP contribution in [0.3, 0.4) is 0 Å². The fourth-order valence-corrected chi connectivity index (χ4v) is 6.84. The Morgan fingerprint density at radius 3 is 2.49 bits per heavy atom. The Hall–Kier alpha value is -3.19. The van der Waals surface area contributed by atoms with Crippen molar-refractivity contribution >= 4 is 22.0 Å². The number of nitrogens with one attached hydrogen (secondary N) is 2. The zero-order chi connectivity index (χ0) is 29.6. The second-order valence-electron chi connectivity index (χ2n) is 10.9. The van der Waals surface area contributed by atoms with E-state index in [9.17, 15) is 23.1 Å². The van der Waals surface area contributed by atoms with E-state index in [1.54, 1.807) is 12.1 Å². The van der Waals surface area contributed by atoms with Gasteiger partial charge in [0.15, 0.2) is 0 Å². The molecule has 2 amide bonds. The molecule has 0 aromatic heterocycles. The summed E-state index contributed by atoms with van der Waals surface area (Å²) in [6, 6.07) is 14.1. The summed E-state index contributed by atoms with van der Waals surface area (Å²) in [7, 11) is -2.47. The molecule has 224 valence electrons. The standard InChI is InChI=1S/C29H39N3O8S/c1-19(2)15-32(41(36,37)23-11-9-22(38-3)10-12-23)16-25(33)24(13-20-7-5-4-6-8-20)30-29(35)40-26-18-39-17-21-14-27(34)31-28(21)26/h4-12,19,21,24-26,28,33H,13-18H2,1-3H3,(H,30,35)(H,31,34)/t21?,24-,25+,26?,28?/m0/s1. The molecule has 12 heteroatoms. The molecule has 0 aliphatic carbocycles. The quantitative estimate of drug-likeness (QED) is 0.341. The van der Waals surface area contributed by atoms with Crippen molar-refractivity contribution in [1.82, 2.24) is 14.9 Å². The summed E-state index contributed by atoms with van der Waals surface area (Å²) < 4.78 is 44.8. The van der Waals surface area contributed by atoms with Crippen LogP contribution in [-0.2, 0) is 30.7 Å². The molecule has 5 atom stereocenters. The van der Waals surface area contributed by atoms with E-state index in [2.05, 4.69) is 10.6 Å². The van der Waals surface area contributed by atoms with Crippen LogP contribution in [0, 0.1) is 11.8 Å². The van der Waals surface area contributed by atoms with Gasteiger partial charge >= 0.3 is 6.09 Å². The first kappa shape index (κ1) is 30.8. The van der Waals surface area contributed by atoms with E-state index in [0.717, 1.165) is 5.56 Å². The Bertz CT molecular complexity index is 1270. The molecule has 11 nitrogen and oxygen atoms in total. The molecular formula is C29H39N3O8S. The smallest absolute Gasteiger partial charge is 0.407 e. The van der Waals surface area contributed by atoms with Crippen molar-refractivity contribution in [2.75, 3.05) is 33.4 Å². The molecular weight excluding hydrogens is 550 g/mol. The highest BCUT2D eigenvalue weighted by Gasteiger charge is 2.43. The number of hydrogen-bond donors (Lipinski definition) is 3. The molecule has 0 radical (unpaired) electrons. The first-order chi connectivity index (χ1) is 19.6. The molecule has 41 heavy (non-hydrogen) atoms. The molecule has 0 bridgehead atoms. The van der Waals surface area contributed by atoms with Gasteiger partial charge in [0, 0.05) is 25.4 Å². The predicted octanol–water partition coefficient (Wildman–Crippen LogP) is 1.94. The zero-order valence-electron chi connectivity index (χ0n) is 23.6. The summed E-state index contributed by atoms with van der Waals surface area (Å²) in [6.45, 7) is 4.24. The van der Waals surface area contributed by atoms with Gasteiger partial charge in [0.1, 0.15) is 11.9 Å². The lowest BCUT2D eigenvalue weighted by Gasteiger charge is -2.34. The van der Waals surface area contributed by atoms with Gasteiger partial charge in [-0.3, -0.25) is 4.79 Å². The molecule has 2 fully saturated rings. The Morgan fingerprint density at radius 1 is 1.12 bits per heavy atom. The number of fused-ring (bicyclic) bond motifs is 1. The van der Waals surface area contributed by atoms with E-state index in [1.165, 1.54) is 23.5 Å². The molecule has 3 N–H and O–H groups in total. The van der Waals surface area contributed by atoms with Gasteiger partial charge in [-0.15, -0.1) is 0 Å². The van der Waals surface area contributed by atoms with E-state index >= 15 is 0 Å². The molecule has 0 saturated carbocycles. The lowest BCUT2D eigenvalue weighted by atomic mass is 9.95. The third-order valence-corrected chi connectivity index (χ3v) is 9.12. The van der Waals surface area contributed by atoms with Crippen molar-refractivity contribution in [2.24, 2.45) is 11.8 Å². The fourth-order valence-electron chi connectivity index (χ4n) is 5.22. The highest BCUT2D eigenvalue weighted by Crippen LogP contribution is 2.26. The van der Waals surface area contributed by atoms with Crippen molar-refractivity contribution in [3.63, 3.8) is 0 Å². The van der Waals surface area contributed by atoms with Crippen molar-refractivity contribution in [3.05, 3.63) is 60.2 Å². The minimum atomic E-state index is -3.97. The second-order valence-corrected chi connectivity index (χ2v) is 12.9. The summed E-state index contributed by atoms with van der Waals surface area (Å²) in [5.41, 5.74) is 0.842. The van der Waals surface area contributed by atoms with E-state index in [-0.39, 0.29) is 54.8 Å². The average Bonchev–Trinajstić information content (AvgIpc) is 3.34. The van der Waals surface area contributed by atoms with Gasteiger partial charge in [-0.1, -0.05) is 44.2 Å². The molecule has 4 rings (SSSR count). The SMILES string of the molecule is COc1ccc(S(=O)(=O)N(CC(C)C)C[C@@H](O)[C@H](Cc2ccccc2)NC(=O)OC2COCC3CC(=O)NC32)cc1. The first-order valence-corrected chi connectivity index (χ1v) is 15.2. The molecule has 2 aliphatic rings. The summed E-state index contributed by atoms with van der Waals surface area (Å²) in [4.78, 5) is 25.0. The van der Waals surface area contributed by atoms with E-state index in [4.69, 9.17) is 14.2 Å². The van der Waals surface area contributed by atoms with Crippen molar-refractivity contribution < 1.29 is 37.3 Å². The molecule has 2 aromatic rings. The number of carbonyl (C=O) groups excluding carboxylic acids is 2. The van der Waals surface area contributed by atoms with Crippen LogP contribution in [0.25, 0.3) is 0 Å². The summed E-state index contributed by atoms with van der Waals surface area (Å²) >= 11 is 0. The van der Waals surface area contributed by atoms with E-state index in [1.807, 2.05) is 44.2 Å². The number of methoxy groups -OCH3 is 1. The molecule has 2 aromatic carbocycles. The van der Waals surface area contributed by atoms with Gasteiger partial charge < -0.3 is 30.0 Å². The topological polar surface area (TPSA) is 144 Å². The monoisotopic (exact) mass is 589 g/mol. The van der Waals surface area contributed by atoms with Crippen LogP contribution in [0.1, 0.15) is 25.8 Å². The number of ether oxygens (including phenoxy) is 3. The van der Waals surface area contributed by atoms with Gasteiger partial charge in [-0.05, 0) is 42.2 Å². The van der Waals surface area contributed by atoms with Crippen molar-refractivity contribution in [3.8, 4) is 5.75 Å². The zero-order valence-corrected chi connectivity index (χ0v) is 24.4. The lowest BCUT2D eigenvalue weighted by Crippen LogP contribution is -2.54. The maximum Gasteiger partial charge on any atom is 0.407 e. The number of carbonyl (C=O) groups is 2. The number of amides is 2. The summed E-state index contributed by atoms with van der Waals surface area (Å²) in [6.07, 6.45) is -2.18. The number of aliphatic hydroxyl groups excluding tert-OH is 1. The van der Waals surface area contributed by atoms with Crippen LogP contribution >= 0.6 is 0 Å². The number of rotatable bonds is 12. The summed E-state index contributed by atoms with van der Waals surface area (Å²) in [5, 5.41) is 17.0. The molecule has 2 saturated heterocycles. The minimum Gasteiger partial charge on any atom is -0.497 e. The second kappa shape index (κ2) is 13.6. The summed E-state index contributed by atoms with van der Waals surface area (Å²) in [5.74, 6) is 0.311. The van der Waals surface area contributed by atoms with Crippen LogP contribution in [0.15, 0.2) is 59.5 Å². The largest absolute Gasteiger partial charge is 0.497 e. The van der Waals surface area contributed by atoms with E-state index < -0.39 is 34.4 Å². The van der Waals surface area contributed by atoms with Crippen LogP contribution in [0.2, 0.25) is 0 Å². The van der Waals surface area contributed by atoms with Crippen LogP contribution < -0.4 is 15.4 Å². The minimum absolute atomic E-state index is 0.0263. The van der Waals surface area contributed by atoms with Gasteiger partial charge in [0.05, 0.1) is 43.4 Å². The molecule has 3 unspecified atom stereocenters. The Morgan fingerprint density at radius 2 is 1.83 bits per heavy atom. The highest BCUT2D eigenvalue weighted by molar-refractivity contribution is 7.89. The molecule has 2 heterocycles. The number of alkyl carbamates (subject to hydrolysis) is 1. The average molecular weight is 590 g/mol. The Balaban J connectivity index is 1.51. The normalized spacial score (nSPS) is 22.1. The van der Waals surface area contributed by atoms with Crippen LogP contribution in [0.5, 0.6) is 5.75 Å². The number of benzene rings is 2. The molecule has 2 aliphatic heterocycles. The number of hydrogen-bond acceptors (Lipinski definition) is 8. The fraction of sp³-hybridized carbons (Fsp3) is 0.517. The number of sulfonamides is 1. The van der Waals surface area contributed by atoms with Gasteiger partial charge in [0.25, 0.3) is 0 Å². The Labute approximate surface area is 241 Å². The third-order valence-electron chi connectivity index (χ3n) is 7.28. The van der Waals surface area contributed by atoms with Crippen molar-refractivity contribution in [1.29, 1.82) is 0 Å². The molecule has 0 spiro atoms.